The number of aliphatic carboxylic acids is 1. The highest BCUT2D eigenvalue weighted by Gasteiger charge is 2.12. The van der Waals surface area contributed by atoms with Crippen molar-refractivity contribution in [3.05, 3.63) is 41.3 Å². The minimum Gasteiger partial charge on any atom is -0.481 e. The van der Waals surface area contributed by atoms with Gasteiger partial charge in [0.25, 0.3) is 0 Å². The van der Waals surface area contributed by atoms with Crippen molar-refractivity contribution in [1.82, 2.24) is 9.13 Å². The fraction of sp³-hybridized carbons (Fsp3) is 0.286. The van der Waals surface area contributed by atoms with Gasteiger partial charge >= 0.3 is 11.7 Å². The van der Waals surface area contributed by atoms with E-state index in [1.165, 1.54) is 0 Å². The third-order valence-corrected chi connectivity index (χ3v) is 2.99. The highest BCUT2D eigenvalue weighted by Crippen LogP contribution is 2.16. The van der Waals surface area contributed by atoms with Crippen molar-refractivity contribution in [1.29, 1.82) is 0 Å². The molecule has 100 valence electrons. The van der Waals surface area contributed by atoms with Crippen molar-refractivity contribution in [3.8, 4) is 0 Å². The maximum absolute atomic E-state index is 12.3. The molecule has 0 fully saturated rings. The van der Waals surface area contributed by atoms with E-state index < -0.39 is 5.97 Å². The van der Waals surface area contributed by atoms with Crippen molar-refractivity contribution in [2.75, 3.05) is 0 Å². The Kier molecular flexibility index (Phi) is 3.55. The molecule has 0 aliphatic rings. The lowest BCUT2D eigenvalue weighted by Gasteiger charge is -2.01. The fourth-order valence-electron chi connectivity index (χ4n) is 2.18. The lowest BCUT2D eigenvalue weighted by Crippen LogP contribution is -2.23. The second kappa shape index (κ2) is 5.14. The summed E-state index contributed by atoms with van der Waals surface area (Å²) in [6, 6.07) is 7.44. The van der Waals surface area contributed by atoms with Crippen LogP contribution in [-0.2, 0) is 11.3 Å². The van der Waals surface area contributed by atoms with Crippen LogP contribution in [0.2, 0.25) is 0 Å². The molecule has 0 saturated carbocycles. The Morgan fingerprint density at radius 3 is 2.53 bits per heavy atom. The quantitative estimate of drug-likeness (QED) is 0.896. The largest absolute Gasteiger partial charge is 0.481 e. The summed E-state index contributed by atoms with van der Waals surface area (Å²) in [5.41, 5.74) is 2.09. The van der Waals surface area contributed by atoms with E-state index in [0.29, 0.717) is 18.7 Å². The molecule has 0 bridgehead atoms. The predicted octanol–water partition coefficient (Wildman–Crippen LogP) is 2.16. The van der Waals surface area contributed by atoms with Gasteiger partial charge < -0.3 is 5.11 Å². The molecule has 1 aromatic heterocycles. The Labute approximate surface area is 110 Å². The van der Waals surface area contributed by atoms with E-state index in [1.807, 2.05) is 24.3 Å². The summed E-state index contributed by atoms with van der Waals surface area (Å²) in [5.74, 6) is -0.850. The van der Waals surface area contributed by atoms with Gasteiger partial charge in [-0.15, -0.1) is 0 Å². The zero-order chi connectivity index (χ0) is 14.0. The molecule has 0 spiro atoms. The number of carbonyl (C=O) groups is 1. The first-order valence-electron chi connectivity index (χ1n) is 6.10. The molecule has 0 unspecified atom stereocenters. The molecule has 2 aromatic rings. The maximum Gasteiger partial charge on any atom is 0.333 e. The number of benzene rings is 1. The van der Waals surface area contributed by atoms with Crippen LogP contribution in [0.25, 0.3) is 16.7 Å². The average Bonchev–Trinajstić information content (AvgIpc) is 2.62. The van der Waals surface area contributed by atoms with E-state index >= 15 is 0 Å². The molecular weight excluding hydrogens is 244 g/mol. The zero-order valence-electron chi connectivity index (χ0n) is 10.8. The molecule has 0 radical (unpaired) electrons. The predicted molar refractivity (Wildman–Crippen MR) is 74.1 cm³/mol. The van der Waals surface area contributed by atoms with E-state index in [0.717, 1.165) is 11.0 Å². The number of hydrogen-bond donors (Lipinski definition) is 1. The first-order valence-corrected chi connectivity index (χ1v) is 6.10. The second-order valence-corrected chi connectivity index (χ2v) is 4.49. The molecule has 0 atom stereocenters. The standard InChI is InChI=1S/C14H16N2O3/c1-10(2)16-12-7-4-3-6-11(12)15(14(16)19)9-5-8-13(17)18/h3-4,6-7H,1,5,8-9H2,2H3,(H,17,18). The van der Waals surface area contributed by atoms with Gasteiger partial charge in [-0.3, -0.25) is 13.9 Å². The van der Waals surface area contributed by atoms with E-state index in [4.69, 9.17) is 5.11 Å². The molecule has 1 heterocycles. The fourth-order valence-corrected chi connectivity index (χ4v) is 2.18. The lowest BCUT2D eigenvalue weighted by molar-refractivity contribution is -0.137. The number of aryl methyl sites for hydroxylation is 1. The molecule has 5 nitrogen and oxygen atoms in total. The monoisotopic (exact) mass is 260 g/mol. The van der Waals surface area contributed by atoms with Gasteiger partial charge in [0.1, 0.15) is 0 Å². The van der Waals surface area contributed by atoms with Crippen molar-refractivity contribution < 1.29 is 9.90 Å². The number of hydrogen-bond acceptors (Lipinski definition) is 2. The molecule has 1 aromatic carbocycles. The van der Waals surface area contributed by atoms with Gasteiger partial charge in [-0.05, 0) is 25.5 Å². The first-order chi connectivity index (χ1) is 9.02. The van der Waals surface area contributed by atoms with Crippen molar-refractivity contribution in [2.24, 2.45) is 0 Å². The van der Waals surface area contributed by atoms with Crippen molar-refractivity contribution in [3.63, 3.8) is 0 Å². The van der Waals surface area contributed by atoms with Crippen LogP contribution in [0.15, 0.2) is 35.6 Å². The van der Waals surface area contributed by atoms with Gasteiger partial charge in [0.2, 0.25) is 0 Å². The number of imidazole rings is 1. The Hall–Kier alpha value is -2.30. The summed E-state index contributed by atoms with van der Waals surface area (Å²) < 4.78 is 3.16. The van der Waals surface area contributed by atoms with E-state index in [-0.39, 0.29) is 12.1 Å². The van der Waals surface area contributed by atoms with Crippen LogP contribution in [0.1, 0.15) is 19.8 Å². The number of aromatic nitrogens is 2. The molecule has 1 N–H and O–H groups in total. The number of fused-ring (bicyclic) bond motifs is 1. The Balaban J connectivity index is 2.49. The van der Waals surface area contributed by atoms with Crippen LogP contribution in [0.3, 0.4) is 0 Å². The minimum atomic E-state index is -0.850. The topological polar surface area (TPSA) is 64.2 Å². The van der Waals surface area contributed by atoms with Gasteiger partial charge in [0.05, 0.1) is 11.0 Å². The highest BCUT2D eigenvalue weighted by molar-refractivity contribution is 5.79. The van der Waals surface area contributed by atoms with Crippen LogP contribution in [0.4, 0.5) is 0 Å². The van der Waals surface area contributed by atoms with Gasteiger partial charge in [0.15, 0.2) is 0 Å². The molecule has 5 heteroatoms. The molecular formula is C14H16N2O3. The summed E-state index contributed by atoms with van der Waals surface area (Å²) >= 11 is 0. The number of carboxylic acids is 1. The normalized spacial score (nSPS) is 10.8. The van der Waals surface area contributed by atoms with Crippen molar-refractivity contribution in [2.45, 2.75) is 26.3 Å². The van der Waals surface area contributed by atoms with E-state index in [9.17, 15) is 9.59 Å². The second-order valence-electron chi connectivity index (χ2n) is 4.49. The zero-order valence-corrected chi connectivity index (χ0v) is 10.8. The molecule has 19 heavy (non-hydrogen) atoms. The molecule has 0 saturated heterocycles. The smallest absolute Gasteiger partial charge is 0.333 e. The maximum atomic E-state index is 12.3. The SMILES string of the molecule is C=C(C)n1c(=O)n(CCCC(=O)O)c2ccccc21. The molecule has 2 rings (SSSR count). The average molecular weight is 260 g/mol. The van der Waals surface area contributed by atoms with E-state index in [1.54, 1.807) is 16.1 Å². The number of para-hydroxylation sites is 2. The molecule has 0 amide bonds. The Morgan fingerprint density at radius 1 is 1.32 bits per heavy atom. The van der Waals surface area contributed by atoms with Crippen LogP contribution < -0.4 is 5.69 Å². The van der Waals surface area contributed by atoms with Gasteiger partial charge in [-0.1, -0.05) is 18.7 Å². The Bertz CT molecular complexity index is 694. The van der Waals surface area contributed by atoms with Crippen LogP contribution >= 0.6 is 0 Å². The number of carboxylic acid groups (broad SMARTS) is 1. The van der Waals surface area contributed by atoms with Gasteiger partial charge in [0, 0.05) is 18.7 Å². The van der Waals surface area contributed by atoms with Gasteiger partial charge in [-0.25, -0.2) is 4.79 Å². The molecule has 0 aliphatic heterocycles. The van der Waals surface area contributed by atoms with Crippen molar-refractivity contribution >= 4 is 22.7 Å². The third kappa shape index (κ3) is 2.45. The lowest BCUT2D eigenvalue weighted by atomic mass is 10.3. The first kappa shape index (κ1) is 13.1. The summed E-state index contributed by atoms with van der Waals surface area (Å²) in [7, 11) is 0. The number of allylic oxidation sites excluding steroid dienone is 1. The van der Waals surface area contributed by atoms with Crippen LogP contribution in [0.5, 0.6) is 0 Å². The third-order valence-electron chi connectivity index (χ3n) is 2.99. The summed E-state index contributed by atoms with van der Waals surface area (Å²) in [6.45, 7) is 5.98. The Morgan fingerprint density at radius 2 is 1.95 bits per heavy atom. The molecule has 0 aliphatic carbocycles. The number of nitrogens with zero attached hydrogens (tertiary/aromatic N) is 2. The minimum absolute atomic E-state index is 0.0546. The van der Waals surface area contributed by atoms with Gasteiger partial charge in [-0.2, -0.15) is 0 Å². The number of rotatable bonds is 5. The van der Waals surface area contributed by atoms with Crippen LogP contribution in [0, 0.1) is 0 Å². The van der Waals surface area contributed by atoms with Crippen LogP contribution in [-0.4, -0.2) is 20.2 Å². The summed E-state index contributed by atoms with van der Waals surface area (Å²) in [4.78, 5) is 22.9. The summed E-state index contributed by atoms with van der Waals surface area (Å²) in [5, 5.41) is 8.66. The summed E-state index contributed by atoms with van der Waals surface area (Å²) in [6.07, 6.45) is 0.485. The van der Waals surface area contributed by atoms with E-state index in [2.05, 4.69) is 6.58 Å². The highest BCUT2D eigenvalue weighted by atomic mass is 16.4.